The van der Waals surface area contributed by atoms with Gasteiger partial charge in [-0.3, -0.25) is 0 Å². The average Bonchev–Trinajstić information content (AvgIpc) is 2.97. The molecule has 0 saturated heterocycles. The second-order valence-corrected chi connectivity index (χ2v) is 4.76. The Hall–Kier alpha value is -2.79. The SMILES string of the molecule is NCc1nnn(-c2cccc(F)c2)c1/C=C/c1ccccc1. The number of benzene rings is 2. The summed E-state index contributed by atoms with van der Waals surface area (Å²) in [6, 6.07) is 16.1. The molecule has 3 rings (SSSR count). The Balaban J connectivity index is 2.03. The zero-order chi connectivity index (χ0) is 15.4. The molecule has 0 aliphatic carbocycles. The van der Waals surface area contributed by atoms with Gasteiger partial charge in [0.1, 0.15) is 11.5 Å². The number of nitrogens with zero attached hydrogens (tertiary/aromatic N) is 3. The summed E-state index contributed by atoms with van der Waals surface area (Å²) in [7, 11) is 0. The van der Waals surface area contributed by atoms with E-state index in [9.17, 15) is 4.39 Å². The van der Waals surface area contributed by atoms with Crippen molar-refractivity contribution in [2.24, 2.45) is 5.73 Å². The van der Waals surface area contributed by atoms with Crippen LogP contribution < -0.4 is 5.73 Å². The lowest BCUT2D eigenvalue weighted by Gasteiger charge is -2.04. The summed E-state index contributed by atoms with van der Waals surface area (Å²) < 4.78 is 15.0. The molecule has 0 fully saturated rings. The van der Waals surface area contributed by atoms with Gasteiger partial charge >= 0.3 is 0 Å². The van der Waals surface area contributed by atoms with Crippen molar-refractivity contribution in [1.29, 1.82) is 0 Å². The Bertz CT molecular complexity index is 793. The van der Waals surface area contributed by atoms with E-state index >= 15 is 0 Å². The maximum absolute atomic E-state index is 13.4. The number of halogens is 1. The Kier molecular flexibility index (Phi) is 4.07. The lowest BCUT2D eigenvalue weighted by Crippen LogP contribution is -2.02. The van der Waals surface area contributed by atoms with E-state index in [2.05, 4.69) is 10.3 Å². The summed E-state index contributed by atoms with van der Waals surface area (Å²) in [6.07, 6.45) is 3.84. The van der Waals surface area contributed by atoms with E-state index in [1.165, 1.54) is 12.1 Å². The van der Waals surface area contributed by atoms with Gasteiger partial charge in [0.15, 0.2) is 0 Å². The zero-order valence-corrected chi connectivity index (χ0v) is 11.9. The summed E-state index contributed by atoms with van der Waals surface area (Å²) in [5, 5.41) is 8.15. The molecular weight excluding hydrogens is 279 g/mol. The lowest BCUT2D eigenvalue weighted by atomic mass is 10.2. The Morgan fingerprint density at radius 2 is 1.86 bits per heavy atom. The molecule has 0 spiro atoms. The maximum atomic E-state index is 13.4. The van der Waals surface area contributed by atoms with Gasteiger partial charge in [0, 0.05) is 6.54 Å². The minimum atomic E-state index is -0.319. The molecule has 3 aromatic rings. The summed E-state index contributed by atoms with van der Waals surface area (Å²) >= 11 is 0. The molecule has 2 N–H and O–H groups in total. The molecule has 0 atom stereocenters. The highest BCUT2D eigenvalue weighted by Gasteiger charge is 2.11. The van der Waals surface area contributed by atoms with Crippen molar-refractivity contribution in [2.75, 3.05) is 0 Å². The Morgan fingerprint density at radius 1 is 1.05 bits per heavy atom. The molecule has 0 aliphatic rings. The first-order valence-electron chi connectivity index (χ1n) is 6.91. The standard InChI is InChI=1S/C17H15FN4/c18-14-7-4-8-15(11-14)22-17(16(12-19)20-21-22)10-9-13-5-2-1-3-6-13/h1-11H,12,19H2/b10-9+. The fraction of sp³-hybridized carbons (Fsp3) is 0.0588. The van der Waals surface area contributed by atoms with E-state index in [-0.39, 0.29) is 12.4 Å². The molecule has 1 aromatic heterocycles. The fourth-order valence-electron chi connectivity index (χ4n) is 2.17. The third-order valence-electron chi connectivity index (χ3n) is 3.26. The zero-order valence-electron chi connectivity index (χ0n) is 11.9. The van der Waals surface area contributed by atoms with Crippen LogP contribution in [0.25, 0.3) is 17.8 Å². The normalized spacial score (nSPS) is 11.2. The third kappa shape index (κ3) is 2.94. The molecule has 5 heteroatoms. The molecule has 1 heterocycles. The van der Waals surface area contributed by atoms with Crippen LogP contribution in [0.3, 0.4) is 0 Å². The summed E-state index contributed by atoms with van der Waals surface area (Å²) in [5.74, 6) is -0.319. The minimum absolute atomic E-state index is 0.268. The van der Waals surface area contributed by atoms with E-state index in [1.54, 1.807) is 16.8 Å². The number of rotatable bonds is 4. The van der Waals surface area contributed by atoms with Gasteiger partial charge in [0.25, 0.3) is 0 Å². The molecule has 4 nitrogen and oxygen atoms in total. The van der Waals surface area contributed by atoms with Crippen LogP contribution in [0.2, 0.25) is 0 Å². The van der Waals surface area contributed by atoms with Gasteiger partial charge < -0.3 is 5.73 Å². The molecule has 0 unspecified atom stereocenters. The molecule has 0 aliphatic heterocycles. The van der Waals surface area contributed by atoms with Crippen molar-refractivity contribution in [3.8, 4) is 5.69 Å². The first-order chi connectivity index (χ1) is 10.8. The largest absolute Gasteiger partial charge is 0.325 e. The minimum Gasteiger partial charge on any atom is -0.325 e. The van der Waals surface area contributed by atoms with Crippen molar-refractivity contribution in [1.82, 2.24) is 15.0 Å². The van der Waals surface area contributed by atoms with Gasteiger partial charge in [-0.2, -0.15) is 0 Å². The van der Waals surface area contributed by atoms with E-state index in [1.807, 2.05) is 42.5 Å². The van der Waals surface area contributed by atoms with Crippen LogP contribution in [0.15, 0.2) is 54.6 Å². The molecule has 2 aromatic carbocycles. The van der Waals surface area contributed by atoms with Crippen LogP contribution in [0.4, 0.5) is 4.39 Å². The first kappa shape index (κ1) is 14.2. The van der Waals surface area contributed by atoms with Crippen molar-refractivity contribution < 1.29 is 4.39 Å². The molecule has 0 bridgehead atoms. The van der Waals surface area contributed by atoms with Crippen LogP contribution in [0.5, 0.6) is 0 Å². The molecular formula is C17H15FN4. The van der Waals surface area contributed by atoms with Crippen molar-refractivity contribution >= 4 is 12.2 Å². The number of hydrogen-bond donors (Lipinski definition) is 1. The number of aromatic nitrogens is 3. The van der Waals surface area contributed by atoms with Crippen molar-refractivity contribution in [3.63, 3.8) is 0 Å². The van der Waals surface area contributed by atoms with Gasteiger partial charge in [0.05, 0.1) is 11.4 Å². The topological polar surface area (TPSA) is 56.7 Å². The van der Waals surface area contributed by atoms with Gasteiger partial charge in [-0.05, 0) is 29.8 Å². The molecule has 0 amide bonds. The molecule has 0 saturated carbocycles. The fourth-order valence-corrected chi connectivity index (χ4v) is 2.17. The highest BCUT2D eigenvalue weighted by molar-refractivity contribution is 5.69. The number of nitrogens with two attached hydrogens (primary N) is 1. The van der Waals surface area contributed by atoms with Crippen LogP contribution in [0, 0.1) is 5.82 Å². The Labute approximate surface area is 127 Å². The molecule has 22 heavy (non-hydrogen) atoms. The average molecular weight is 294 g/mol. The van der Waals surface area contributed by atoms with Crippen LogP contribution in [-0.4, -0.2) is 15.0 Å². The highest BCUT2D eigenvalue weighted by atomic mass is 19.1. The highest BCUT2D eigenvalue weighted by Crippen LogP contribution is 2.17. The third-order valence-corrected chi connectivity index (χ3v) is 3.26. The molecule has 0 radical (unpaired) electrons. The predicted molar refractivity (Wildman–Crippen MR) is 84.6 cm³/mol. The second kappa shape index (κ2) is 6.32. The van der Waals surface area contributed by atoms with Crippen molar-refractivity contribution in [3.05, 3.63) is 77.4 Å². The van der Waals surface area contributed by atoms with Crippen LogP contribution >= 0.6 is 0 Å². The smallest absolute Gasteiger partial charge is 0.125 e. The van der Waals surface area contributed by atoms with E-state index in [0.29, 0.717) is 11.4 Å². The Morgan fingerprint density at radius 3 is 2.59 bits per heavy atom. The van der Waals surface area contributed by atoms with E-state index < -0.39 is 0 Å². The van der Waals surface area contributed by atoms with Gasteiger partial charge in [-0.15, -0.1) is 5.10 Å². The summed E-state index contributed by atoms with van der Waals surface area (Å²) in [4.78, 5) is 0. The maximum Gasteiger partial charge on any atom is 0.125 e. The van der Waals surface area contributed by atoms with Crippen LogP contribution in [0.1, 0.15) is 17.0 Å². The number of hydrogen-bond acceptors (Lipinski definition) is 3. The van der Waals surface area contributed by atoms with Crippen LogP contribution in [-0.2, 0) is 6.54 Å². The summed E-state index contributed by atoms with van der Waals surface area (Å²) in [5.41, 5.74) is 8.79. The second-order valence-electron chi connectivity index (χ2n) is 4.76. The van der Waals surface area contributed by atoms with Crippen molar-refractivity contribution in [2.45, 2.75) is 6.54 Å². The van der Waals surface area contributed by atoms with E-state index in [0.717, 1.165) is 11.3 Å². The van der Waals surface area contributed by atoms with Gasteiger partial charge in [-0.1, -0.05) is 47.7 Å². The summed E-state index contributed by atoms with van der Waals surface area (Å²) in [6.45, 7) is 0.268. The first-order valence-corrected chi connectivity index (χ1v) is 6.91. The van der Waals surface area contributed by atoms with Gasteiger partial charge in [-0.25, -0.2) is 9.07 Å². The molecule has 110 valence electrons. The predicted octanol–water partition coefficient (Wildman–Crippen LogP) is 3.04. The van der Waals surface area contributed by atoms with E-state index in [4.69, 9.17) is 5.73 Å². The quantitative estimate of drug-likeness (QED) is 0.804. The van der Waals surface area contributed by atoms with Gasteiger partial charge in [0.2, 0.25) is 0 Å². The lowest BCUT2D eigenvalue weighted by molar-refractivity contribution is 0.624. The monoisotopic (exact) mass is 294 g/mol.